The standard InChI is InChI=1S/C17H18ClNO4S2/c1-12-3-6-16(9-13(12)2)25(22,23)19-10-17(11-19)24(20,21)15-7-4-14(18)5-8-15/h3-9,17H,10-11H2,1-2H3. The first-order valence-electron chi connectivity index (χ1n) is 7.69. The van der Waals surface area contributed by atoms with E-state index in [-0.39, 0.29) is 22.9 Å². The molecule has 0 atom stereocenters. The predicted octanol–water partition coefficient (Wildman–Crippen LogP) is 2.80. The summed E-state index contributed by atoms with van der Waals surface area (Å²) in [5, 5.41) is -0.290. The van der Waals surface area contributed by atoms with E-state index >= 15 is 0 Å². The molecule has 1 heterocycles. The van der Waals surface area contributed by atoms with Crippen molar-refractivity contribution in [3.05, 3.63) is 58.6 Å². The second kappa shape index (κ2) is 6.39. The lowest BCUT2D eigenvalue weighted by atomic mass is 10.1. The van der Waals surface area contributed by atoms with Crippen LogP contribution in [0.25, 0.3) is 0 Å². The molecule has 2 aromatic carbocycles. The highest BCUT2D eigenvalue weighted by molar-refractivity contribution is 7.92. The molecule has 0 aliphatic carbocycles. The number of aryl methyl sites for hydroxylation is 2. The van der Waals surface area contributed by atoms with Crippen LogP contribution in [0.15, 0.2) is 52.3 Å². The molecular formula is C17H18ClNO4S2. The van der Waals surface area contributed by atoms with Gasteiger partial charge in [-0.3, -0.25) is 0 Å². The number of halogens is 1. The van der Waals surface area contributed by atoms with Gasteiger partial charge in [0.05, 0.1) is 15.0 Å². The molecule has 0 bridgehead atoms. The smallest absolute Gasteiger partial charge is 0.223 e. The van der Waals surface area contributed by atoms with E-state index in [4.69, 9.17) is 11.6 Å². The summed E-state index contributed by atoms with van der Waals surface area (Å²) in [6.45, 7) is 3.67. The van der Waals surface area contributed by atoms with Gasteiger partial charge in [0.15, 0.2) is 9.84 Å². The zero-order valence-electron chi connectivity index (χ0n) is 13.8. The Morgan fingerprint density at radius 1 is 0.880 bits per heavy atom. The van der Waals surface area contributed by atoms with Gasteiger partial charge < -0.3 is 0 Å². The average Bonchev–Trinajstić information content (AvgIpc) is 2.48. The SMILES string of the molecule is Cc1ccc(S(=O)(=O)N2CC(S(=O)(=O)c3ccc(Cl)cc3)C2)cc1C. The Hall–Kier alpha value is -1.41. The third-order valence-electron chi connectivity index (χ3n) is 4.51. The quantitative estimate of drug-likeness (QED) is 0.792. The summed E-state index contributed by atoms with van der Waals surface area (Å²) in [4.78, 5) is 0.350. The maximum absolute atomic E-state index is 12.6. The lowest BCUT2D eigenvalue weighted by Gasteiger charge is -2.37. The van der Waals surface area contributed by atoms with Crippen LogP contribution in [0.2, 0.25) is 5.02 Å². The van der Waals surface area contributed by atoms with Crippen LogP contribution < -0.4 is 0 Å². The second-order valence-electron chi connectivity index (χ2n) is 6.19. The summed E-state index contributed by atoms with van der Waals surface area (Å²) >= 11 is 5.78. The molecule has 5 nitrogen and oxygen atoms in total. The van der Waals surface area contributed by atoms with E-state index in [0.717, 1.165) is 11.1 Å². The molecule has 8 heteroatoms. The van der Waals surface area contributed by atoms with Gasteiger partial charge in [-0.15, -0.1) is 0 Å². The Balaban J connectivity index is 1.79. The summed E-state index contributed by atoms with van der Waals surface area (Å²) in [6.07, 6.45) is 0. The van der Waals surface area contributed by atoms with Gasteiger partial charge in [-0.2, -0.15) is 4.31 Å². The van der Waals surface area contributed by atoms with Gasteiger partial charge >= 0.3 is 0 Å². The third-order valence-corrected chi connectivity index (χ3v) is 8.70. The van der Waals surface area contributed by atoms with Crippen molar-refractivity contribution in [2.45, 2.75) is 28.9 Å². The molecule has 0 spiro atoms. The fourth-order valence-corrected chi connectivity index (χ4v) is 6.22. The van der Waals surface area contributed by atoms with Crippen molar-refractivity contribution in [1.82, 2.24) is 4.31 Å². The highest BCUT2D eigenvalue weighted by atomic mass is 35.5. The summed E-state index contributed by atoms with van der Waals surface area (Å²) in [5.74, 6) is 0. The lowest BCUT2D eigenvalue weighted by molar-refractivity contribution is 0.309. The van der Waals surface area contributed by atoms with E-state index in [2.05, 4.69) is 0 Å². The molecule has 1 fully saturated rings. The van der Waals surface area contributed by atoms with E-state index in [1.165, 1.54) is 28.6 Å². The normalized spacial score (nSPS) is 16.6. The monoisotopic (exact) mass is 399 g/mol. The molecule has 134 valence electrons. The Labute approximate surface area is 153 Å². The van der Waals surface area contributed by atoms with Crippen LogP contribution in [0, 0.1) is 13.8 Å². The van der Waals surface area contributed by atoms with E-state index in [0.29, 0.717) is 5.02 Å². The lowest BCUT2D eigenvalue weighted by Crippen LogP contribution is -2.56. The van der Waals surface area contributed by atoms with Crippen molar-refractivity contribution in [2.24, 2.45) is 0 Å². The van der Waals surface area contributed by atoms with Crippen molar-refractivity contribution in [1.29, 1.82) is 0 Å². The number of hydrogen-bond donors (Lipinski definition) is 0. The van der Waals surface area contributed by atoms with Gasteiger partial charge in [0.25, 0.3) is 0 Å². The van der Waals surface area contributed by atoms with Crippen molar-refractivity contribution >= 4 is 31.5 Å². The van der Waals surface area contributed by atoms with Gasteiger partial charge in [0, 0.05) is 18.1 Å². The minimum atomic E-state index is -3.68. The largest absolute Gasteiger partial charge is 0.243 e. The first-order valence-corrected chi connectivity index (χ1v) is 11.1. The van der Waals surface area contributed by atoms with Crippen LogP contribution in [0.3, 0.4) is 0 Å². The maximum Gasteiger partial charge on any atom is 0.243 e. The number of sulfonamides is 1. The zero-order valence-corrected chi connectivity index (χ0v) is 16.2. The Kier molecular flexibility index (Phi) is 4.70. The Bertz CT molecular complexity index is 1010. The van der Waals surface area contributed by atoms with Crippen molar-refractivity contribution < 1.29 is 16.8 Å². The predicted molar refractivity (Wildman–Crippen MR) is 97.1 cm³/mol. The van der Waals surface area contributed by atoms with Gasteiger partial charge in [0.2, 0.25) is 10.0 Å². The highest BCUT2D eigenvalue weighted by Crippen LogP contribution is 2.29. The van der Waals surface area contributed by atoms with Gasteiger partial charge in [-0.25, -0.2) is 16.8 Å². The van der Waals surface area contributed by atoms with Gasteiger partial charge in [-0.05, 0) is 61.4 Å². The topological polar surface area (TPSA) is 71.5 Å². The van der Waals surface area contributed by atoms with E-state index in [1.54, 1.807) is 18.2 Å². The van der Waals surface area contributed by atoms with Crippen molar-refractivity contribution in [2.75, 3.05) is 13.1 Å². The molecule has 0 radical (unpaired) electrons. The van der Waals surface area contributed by atoms with E-state index < -0.39 is 25.1 Å². The van der Waals surface area contributed by atoms with E-state index in [9.17, 15) is 16.8 Å². The van der Waals surface area contributed by atoms with Gasteiger partial charge in [0.1, 0.15) is 0 Å². The highest BCUT2D eigenvalue weighted by Gasteiger charge is 2.44. The molecule has 0 N–H and O–H groups in total. The summed E-state index contributed by atoms with van der Waals surface area (Å²) in [6, 6.07) is 10.8. The fourth-order valence-electron chi connectivity index (χ4n) is 2.63. The van der Waals surface area contributed by atoms with Crippen LogP contribution in [-0.2, 0) is 19.9 Å². The number of sulfone groups is 1. The molecule has 0 unspecified atom stereocenters. The molecule has 25 heavy (non-hydrogen) atoms. The fraction of sp³-hybridized carbons (Fsp3) is 0.294. The molecule has 1 aliphatic heterocycles. The number of hydrogen-bond acceptors (Lipinski definition) is 4. The molecule has 1 aliphatic rings. The second-order valence-corrected chi connectivity index (χ2v) is 10.8. The third kappa shape index (κ3) is 3.33. The van der Waals surface area contributed by atoms with Gasteiger partial charge in [-0.1, -0.05) is 17.7 Å². The number of nitrogens with zero attached hydrogens (tertiary/aromatic N) is 1. The van der Waals surface area contributed by atoms with Crippen molar-refractivity contribution in [3.63, 3.8) is 0 Å². The molecule has 0 amide bonds. The number of rotatable bonds is 4. The summed E-state index contributed by atoms with van der Waals surface area (Å²) < 4.78 is 51.6. The molecular weight excluding hydrogens is 382 g/mol. The first kappa shape index (κ1) is 18.4. The van der Waals surface area contributed by atoms with Crippen molar-refractivity contribution in [3.8, 4) is 0 Å². The summed E-state index contributed by atoms with van der Waals surface area (Å²) in [5.41, 5.74) is 1.89. The van der Waals surface area contributed by atoms with Crippen LogP contribution in [0.1, 0.15) is 11.1 Å². The molecule has 2 aromatic rings. The van der Waals surface area contributed by atoms with Crippen LogP contribution >= 0.6 is 11.6 Å². The zero-order chi connectivity index (χ0) is 18.4. The maximum atomic E-state index is 12.6. The Morgan fingerprint density at radius 2 is 1.44 bits per heavy atom. The van der Waals surface area contributed by atoms with Crippen LogP contribution in [0.5, 0.6) is 0 Å². The van der Waals surface area contributed by atoms with Crippen LogP contribution in [-0.4, -0.2) is 39.5 Å². The Morgan fingerprint density at radius 3 is 2.00 bits per heavy atom. The minimum Gasteiger partial charge on any atom is -0.223 e. The van der Waals surface area contributed by atoms with Crippen LogP contribution in [0.4, 0.5) is 0 Å². The molecule has 3 rings (SSSR count). The minimum absolute atomic E-state index is 0.0415. The molecule has 1 saturated heterocycles. The summed E-state index contributed by atoms with van der Waals surface area (Å²) in [7, 11) is -7.25. The average molecular weight is 400 g/mol. The van der Waals surface area contributed by atoms with E-state index in [1.807, 2.05) is 13.8 Å². The molecule has 0 aromatic heterocycles. The number of benzene rings is 2. The first-order chi connectivity index (χ1) is 11.6. The molecule has 0 saturated carbocycles.